The molecule has 1 amide bonds. The van der Waals surface area contributed by atoms with Crippen LogP contribution < -0.4 is 10.6 Å². The number of anilines is 1. The Morgan fingerprint density at radius 3 is 2.50 bits per heavy atom. The van der Waals surface area contributed by atoms with Crippen molar-refractivity contribution in [3.05, 3.63) is 47.0 Å². The summed E-state index contributed by atoms with van der Waals surface area (Å²) in [5, 5.41) is 10.4. The molecule has 2 N–H and O–H groups in total. The van der Waals surface area contributed by atoms with Gasteiger partial charge in [-0.2, -0.15) is 18.3 Å². The predicted octanol–water partition coefficient (Wildman–Crippen LogP) is 3.89. The summed E-state index contributed by atoms with van der Waals surface area (Å²) in [5.41, 5.74) is -0.342. The number of nitrogens with one attached hydrogen (secondary N) is 2. The molecule has 0 aromatic carbocycles. The number of halogens is 4. The van der Waals surface area contributed by atoms with Gasteiger partial charge in [-0.25, -0.2) is 4.98 Å². The smallest absolute Gasteiger partial charge is 0.368 e. The molecular weight excluding hydrogens is 421 g/mol. The molecule has 0 saturated heterocycles. The number of aromatic nitrogens is 4. The van der Waals surface area contributed by atoms with E-state index in [1.807, 2.05) is 0 Å². The van der Waals surface area contributed by atoms with Gasteiger partial charge >= 0.3 is 6.18 Å². The van der Waals surface area contributed by atoms with Gasteiger partial charge < -0.3 is 10.6 Å². The molecule has 0 spiro atoms. The lowest BCUT2D eigenvalue weighted by Crippen LogP contribution is -2.40. The second kappa shape index (κ2) is 7.82. The molecule has 160 valence electrons. The molecule has 11 heteroatoms. The molecular formula is C19H20ClF3N6O. The summed E-state index contributed by atoms with van der Waals surface area (Å²) in [4.78, 5) is 16.0. The molecule has 0 radical (unpaired) electrons. The fraction of sp³-hybridized carbons (Fsp3) is 0.421. The first-order chi connectivity index (χ1) is 14.2. The van der Waals surface area contributed by atoms with Crippen molar-refractivity contribution in [2.75, 3.05) is 5.32 Å². The third-order valence-electron chi connectivity index (χ3n) is 5.23. The number of carbonyl (C=O) groups excluding carboxylic acids is 1. The van der Waals surface area contributed by atoms with Crippen molar-refractivity contribution in [3.63, 3.8) is 0 Å². The quantitative estimate of drug-likeness (QED) is 0.645. The molecule has 3 aromatic rings. The zero-order chi connectivity index (χ0) is 21.5. The Bertz CT molecular complexity index is 1070. The fourth-order valence-corrected chi connectivity index (χ4v) is 3.99. The van der Waals surface area contributed by atoms with E-state index in [1.165, 1.54) is 15.1 Å². The van der Waals surface area contributed by atoms with Crippen molar-refractivity contribution in [1.82, 2.24) is 24.5 Å². The van der Waals surface area contributed by atoms with E-state index in [4.69, 9.17) is 11.6 Å². The third-order valence-corrected chi connectivity index (χ3v) is 5.50. The Kier molecular flexibility index (Phi) is 5.35. The lowest BCUT2D eigenvalue weighted by molar-refractivity contribution is -0.140. The number of carbonyl (C=O) groups is 1. The van der Waals surface area contributed by atoms with Crippen molar-refractivity contribution in [2.24, 2.45) is 7.05 Å². The number of imidazole rings is 1. The maximum Gasteiger partial charge on any atom is 0.434 e. The molecule has 0 unspecified atom stereocenters. The first-order valence-corrected chi connectivity index (χ1v) is 9.90. The lowest BCUT2D eigenvalue weighted by Gasteiger charge is -2.30. The summed E-state index contributed by atoms with van der Waals surface area (Å²) >= 11 is 5.97. The highest BCUT2D eigenvalue weighted by molar-refractivity contribution is 6.32. The predicted molar refractivity (Wildman–Crippen MR) is 106 cm³/mol. The Balaban J connectivity index is 1.38. The van der Waals surface area contributed by atoms with Gasteiger partial charge in [0.05, 0.1) is 5.56 Å². The number of pyridine rings is 1. The van der Waals surface area contributed by atoms with Crippen molar-refractivity contribution >= 4 is 29.0 Å². The van der Waals surface area contributed by atoms with Crippen LogP contribution in [-0.2, 0) is 13.2 Å². The van der Waals surface area contributed by atoms with Crippen LogP contribution in [0.3, 0.4) is 0 Å². The monoisotopic (exact) mass is 440 g/mol. The molecule has 3 heterocycles. The molecule has 4 rings (SSSR count). The topological polar surface area (TPSA) is 76.2 Å². The second-order valence-corrected chi connectivity index (χ2v) is 7.79. The van der Waals surface area contributed by atoms with E-state index in [0.717, 1.165) is 31.9 Å². The minimum absolute atomic E-state index is 0.00712. The Labute approximate surface area is 175 Å². The summed E-state index contributed by atoms with van der Waals surface area (Å²) < 4.78 is 41.8. The highest BCUT2D eigenvalue weighted by atomic mass is 35.5. The first kappa shape index (κ1) is 20.5. The molecule has 0 aliphatic heterocycles. The minimum atomic E-state index is -4.49. The number of aryl methyl sites for hydroxylation is 1. The van der Waals surface area contributed by atoms with Gasteiger partial charge in [0.15, 0.2) is 10.8 Å². The summed E-state index contributed by atoms with van der Waals surface area (Å²) in [6, 6.07) is 5.04. The zero-order valence-corrected chi connectivity index (χ0v) is 16.8. The normalized spacial score (nSPS) is 19.8. The average molecular weight is 441 g/mol. The largest absolute Gasteiger partial charge is 0.434 e. The maximum atomic E-state index is 13.0. The average Bonchev–Trinajstić information content (AvgIpc) is 3.27. The van der Waals surface area contributed by atoms with Crippen LogP contribution in [0.4, 0.5) is 19.0 Å². The highest BCUT2D eigenvalue weighted by Crippen LogP contribution is 2.30. The Morgan fingerprint density at radius 1 is 1.17 bits per heavy atom. The number of amides is 1. The molecule has 1 fully saturated rings. The first-order valence-electron chi connectivity index (χ1n) is 9.52. The van der Waals surface area contributed by atoms with Crippen LogP contribution in [0, 0.1) is 0 Å². The number of alkyl halides is 3. The highest BCUT2D eigenvalue weighted by Gasteiger charge is 2.34. The maximum absolute atomic E-state index is 13.0. The summed E-state index contributed by atoms with van der Waals surface area (Å²) in [5.74, 6) is 0.303. The third kappa shape index (κ3) is 4.23. The molecule has 7 nitrogen and oxygen atoms in total. The van der Waals surface area contributed by atoms with Crippen LogP contribution in [0.1, 0.15) is 41.7 Å². The van der Waals surface area contributed by atoms with E-state index in [9.17, 15) is 18.0 Å². The second-order valence-electron chi connectivity index (χ2n) is 7.44. The van der Waals surface area contributed by atoms with E-state index < -0.39 is 11.9 Å². The van der Waals surface area contributed by atoms with E-state index in [0.29, 0.717) is 11.4 Å². The van der Waals surface area contributed by atoms with Gasteiger partial charge in [0.1, 0.15) is 11.5 Å². The van der Waals surface area contributed by atoms with Gasteiger partial charge in [0, 0.05) is 31.5 Å². The van der Waals surface area contributed by atoms with Crippen LogP contribution in [0.2, 0.25) is 5.15 Å². The van der Waals surface area contributed by atoms with Gasteiger partial charge in [0.2, 0.25) is 0 Å². The van der Waals surface area contributed by atoms with E-state index >= 15 is 0 Å². The van der Waals surface area contributed by atoms with Crippen molar-refractivity contribution in [3.8, 4) is 0 Å². The molecule has 1 aliphatic rings. The van der Waals surface area contributed by atoms with E-state index in [2.05, 4.69) is 20.7 Å². The van der Waals surface area contributed by atoms with Crippen LogP contribution in [0.15, 0.2) is 30.6 Å². The van der Waals surface area contributed by atoms with Crippen molar-refractivity contribution in [2.45, 2.75) is 43.9 Å². The van der Waals surface area contributed by atoms with Gasteiger partial charge in [-0.1, -0.05) is 17.7 Å². The number of hydrogen-bond donors (Lipinski definition) is 2. The zero-order valence-electron chi connectivity index (χ0n) is 16.1. The summed E-state index contributed by atoms with van der Waals surface area (Å²) in [7, 11) is 1.69. The standard InChI is InChI=1S/C19H20ClF3N6O/c1-28-9-13(17(20)27-28)18(30)25-12-7-5-11(6-8-12)24-15-3-2-4-16-26-14(10-29(15)16)19(21,22)23/h2-4,9-12,24H,5-8H2,1H3,(H,25,30). The SMILES string of the molecule is Cn1cc(C(=O)NC2CCC(Nc3cccc4nc(C(F)(F)F)cn34)CC2)c(Cl)n1. The van der Waals surface area contributed by atoms with E-state index in [1.54, 1.807) is 25.4 Å². The lowest BCUT2D eigenvalue weighted by atomic mass is 9.91. The Hall–Kier alpha value is -2.75. The Morgan fingerprint density at radius 2 is 1.87 bits per heavy atom. The van der Waals surface area contributed by atoms with Gasteiger partial charge in [-0.3, -0.25) is 13.9 Å². The molecule has 1 aliphatic carbocycles. The number of rotatable bonds is 4. The number of fused-ring (bicyclic) bond motifs is 1. The van der Waals surface area contributed by atoms with Crippen LogP contribution in [0.5, 0.6) is 0 Å². The van der Waals surface area contributed by atoms with Crippen LogP contribution >= 0.6 is 11.6 Å². The number of hydrogen-bond acceptors (Lipinski definition) is 4. The molecule has 1 saturated carbocycles. The summed E-state index contributed by atoms with van der Waals surface area (Å²) in [6.07, 6.45) is 1.11. The van der Waals surface area contributed by atoms with E-state index in [-0.39, 0.29) is 28.8 Å². The van der Waals surface area contributed by atoms with Gasteiger partial charge in [-0.05, 0) is 37.8 Å². The van der Waals surface area contributed by atoms with Crippen molar-refractivity contribution < 1.29 is 18.0 Å². The molecule has 0 bridgehead atoms. The van der Waals surface area contributed by atoms with Gasteiger partial charge in [-0.15, -0.1) is 0 Å². The molecule has 0 atom stereocenters. The minimum Gasteiger partial charge on any atom is -0.368 e. The summed E-state index contributed by atoms with van der Waals surface area (Å²) in [6.45, 7) is 0. The fourth-order valence-electron chi connectivity index (χ4n) is 3.73. The molecule has 30 heavy (non-hydrogen) atoms. The van der Waals surface area contributed by atoms with Gasteiger partial charge in [0.25, 0.3) is 5.91 Å². The number of nitrogens with zero attached hydrogens (tertiary/aromatic N) is 4. The van der Waals surface area contributed by atoms with Crippen molar-refractivity contribution in [1.29, 1.82) is 0 Å². The van der Waals surface area contributed by atoms with Crippen LogP contribution in [0.25, 0.3) is 5.65 Å². The molecule has 3 aromatic heterocycles. The van der Waals surface area contributed by atoms with Crippen LogP contribution in [-0.4, -0.2) is 37.2 Å².